The van der Waals surface area contributed by atoms with Crippen LogP contribution in [0.1, 0.15) is 29.2 Å². The van der Waals surface area contributed by atoms with Gasteiger partial charge in [0.2, 0.25) is 0 Å². The molecule has 0 bridgehead atoms. The van der Waals surface area contributed by atoms with Crippen molar-refractivity contribution in [2.45, 2.75) is 25.3 Å². The Kier molecular flexibility index (Phi) is 3.74. The van der Waals surface area contributed by atoms with Crippen molar-refractivity contribution in [2.24, 2.45) is 0 Å². The lowest BCUT2D eigenvalue weighted by Crippen LogP contribution is -2.53. The summed E-state index contributed by atoms with van der Waals surface area (Å²) in [7, 11) is 0. The first-order valence-corrected chi connectivity index (χ1v) is 6.21. The van der Waals surface area contributed by atoms with Gasteiger partial charge in [0, 0.05) is 19.1 Å². The van der Waals surface area contributed by atoms with Crippen LogP contribution in [-0.2, 0) is 4.74 Å². The average molecular weight is 258 g/mol. The van der Waals surface area contributed by atoms with E-state index >= 15 is 0 Å². The van der Waals surface area contributed by atoms with E-state index in [0.29, 0.717) is 24.9 Å². The van der Waals surface area contributed by atoms with Crippen LogP contribution in [0.2, 0.25) is 0 Å². The first kappa shape index (κ1) is 12.5. The molecule has 1 saturated heterocycles. The monoisotopic (exact) mass is 257 g/mol. The summed E-state index contributed by atoms with van der Waals surface area (Å²) in [6.45, 7) is 3.07. The predicted molar refractivity (Wildman–Crippen MR) is 64.4 cm³/mol. The fourth-order valence-electron chi connectivity index (χ4n) is 1.91. The molecule has 0 atom stereocenters. The molecule has 1 amide bonds. The second-order valence-corrected chi connectivity index (χ2v) is 4.66. The SMILES string of the molecule is Cc1ccc(C(=O)NC2(CCl)CCOCC2)o1. The van der Waals surface area contributed by atoms with Gasteiger partial charge in [0.05, 0.1) is 5.54 Å². The van der Waals surface area contributed by atoms with Gasteiger partial charge in [-0.15, -0.1) is 11.6 Å². The lowest BCUT2D eigenvalue weighted by molar-refractivity contribution is 0.0425. The van der Waals surface area contributed by atoms with Crippen molar-refractivity contribution in [3.63, 3.8) is 0 Å². The van der Waals surface area contributed by atoms with E-state index in [4.69, 9.17) is 20.8 Å². The third kappa shape index (κ3) is 2.82. The highest BCUT2D eigenvalue weighted by molar-refractivity contribution is 6.18. The van der Waals surface area contributed by atoms with Crippen LogP contribution in [0.25, 0.3) is 0 Å². The number of alkyl halides is 1. The predicted octanol–water partition coefficient (Wildman–Crippen LogP) is 2.11. The summed E-state index contributed by atoms with van der Waals surface area (Å²) >= 11 is 5.97. The number of hydrogen-bond donors (Lipinski definition) is 1. The second kappa shape index (κ2) is 5.10. The zero-order valence-corrected chi connectivity index (χ0v) is 10.5. The average Bonchev–Trinajstić information content (AvgIpc) is 2.77. The van der Waals surface area contributed by atoms with Gasteiger partial charge in [-0.05, 0) is 31.9 Å². The molecule has 5 heteroatoms. The Balaban J connectivity index is 2.05. The minimum atomic E-state index is -0.364. The second-order valence-electron chi connectivity index (χ2n) is 4.39. The Bertz CT molecular complexity index is 396. The standard InChI is InChI=1S/C12H16ClNO3/c1-9-2-3-10(17-9)11(15)14-12(8-13)4-6-16-7-5-12/h2-3H,4-8H2,1H3,(H,14,15). The van der Waals surface area contributed by atoms with Gasteiger partial charge < -0.3 is 14.5 Å². The summed E-state index contributed by atoms with van der Waals surface area (Å²) in [6, 6.07) is 3.44. The van der Waals surface area contributed by atoms with Crippen molar-refractivity contribution >= 4 is 17.5 Å². The molecule has 2 rings (SSSR count). The lowest BCUT2D eigenvalue weighted by Gasteiger charge is -2.35. The molecule has 1 N–H and O–H groups in total. The van der Waals surface area contributed by atoms with Crippen molar-refractivity contribution in [3.05, 3.63) is 23.7 Å². The van der Waals surface area contributed by atoms with Crippen molar-refractivity contribution in [2.75, 3.05) is 19.1 Å². The normalized spacial score (nSPS) is 18.9. The molecular weight excluding hydrogens is 242 g/mol. The van der Waals surface area contributed by atoms with E-state index in [1.807, 2.05) is 6.92 Å². The Hall–Kier alpha value is -1.00. The van der Waals surface area contributed by atoms with Crippen molar-refractivity contribution < 1.29 is 13.9 Å². The summed E-state index contributed by atoms with van der Waals surface area (Å²) in [5.74, 6) is 1.24. The van der Waals surface area contributed by atoms with Gasteiger partial charge in [-0.25, -0.2) is 0 Å². The van der Waals surface area contributed by atoms with Crippen LogP contribution in [0.5, 0.6) is 0 Å². The smallest absolute Gasteiger partial charge is 0.287 e. The van der Waals surface area contributed by atoms with Crippen LogP contribution < -0.4 is 5.32 Å². The molecule has 1 aliphatic heterocycles. The number of rotatable bonds is 3. The Morgan fingerprint density at radius 3 is 2.71 bits per heavy atom. The largest absolute Gasteiger partial charge is 0.456 e. The fourth-order valence-corrected chi connectivity index (χ4v) is 2.25. The van der Waals surface area contributed by atoms with Gasteiger partial charge in [-0.2, -0.15) is 0 Å². The number of furan rings is 1. The van der Waals surface area contributed by atoms with Crippen molar-refractivity contribution in [1.29, 1.82) is 0 Å². The van der Waals surface area contributed by atoms with Gasteiger partial charge >= 0.3 is 0 Å². The Morgan fingerprint density at radius 2 is 2.18 bits per heavy atom. The molecule has 0 unspecified atom stereocenters. The number of nitrogens with one attached hydrogen (secondary N) is 1. The highest BCUT2D eigenvalue weighted by Gasteiger charge is 2.34. The van der Waals surface area contributed by atoms with Crippen LogP contribution >= 0.6 is 11.6 Å². The van der Waals surface area contributed by atoms with Crippen LogP contribution in [0, 0.1) is 6.92 Å². The zero-order valence-electron chi connectivity index (χ0n) is 9.79. The Morgan fingerprint density at radius 1 is 1.47 bits per heavy atom. The first-order valence-electron chi connectivity index (χ1n) is 5.68. The van der Waals surface area contributed by atoms with Crippen LogP contribution in [0.4, 0.5) is 0 Å². The van der Waals surface area contributed by atoms with Crippen molar-refractivity contribution in [1.82, 2.24) is 5.32 Å². The molecule has 0 saturated carbocycles. The van der Waals surface area contributed by atoms with Gasteiger partial charge in [0.25, 0.3) is 5.91 Å². The number of halogens is 1. The molecule has 2 heterocycles. The maximum absolute atomic E-state index is 12.0. The molecule has 17 heavy (non-hydrogen) atoms. The van der Waals surface area contributed by atoms with E-state index in [-0.39, 0.29) is 11.4 Å². The Labute approximate surface area is 105 Å². The van der Waals surface area contributed by atoms with Crippen LogP contribution in [0.15, 0.2) is 16.5 Å². The number of carbonyl (C=O) groups excluding carboxylic acids is 1. The maximum Gasteiger partial charge on any atom is 0.287 e. The number of aryl methyl sites for hydroxylation is 1. The lowest BCUT2D eigenvalue weighted by atomic mass is 9.92. The summed E-state index contributed by atoms with van der Waals surface area (Å²) in [5, 5.41) is 2.97. The molecule has 0 radical (unpaired) electrons. The molecule has 0 aromatic carbocycles. The molecular formula is C12H16ClNO3. The molecule has 1 aromatic rings. The van der Waals surface area contributed by atoms with E-state index in [1.54, 1.807) is 12.1 Å². The van der Waals surface area contributed by atoms with E-state index in [1.165, 1.54) is 0 Å². The minimum Gasteiger partial charge on any atom is -0.456 e. The topological polar surface area (TPSA) is 51.5 Å². The maximum atomic E-state index is 12.0. The van der Waals surface area contributed by atoms with Crippen LogP contribution in [0.3, 0.4) is 0 Å². The summed E-state index contributed by atoms with van der Waals surface area (Å²) < 4.78 is 10.6. The molecule has 4 nitrogen and oxygen atoms in total. The van der Waals surface area contributed by atoms with Gasteiger partial charge in [0.15, 0.2) is 5.76 Å². The molecule has 1 aliphatic rings. The van der Waals surface area contributed by atoms with E-state index in [0.717, 1.165) is 18.6 Å². The molecule has 1 fully saturated rings. The molecule has 0 spiro atoms. The quantitative estimate of drug-likeness (QED) is 0.844. The van der Waals surface area contributed by atoms with Gasteiger partial charge in [-0.1, -0.05) is 0 Å². The number of carbonyl (C=O) groups is 1. The molecule has 94 valence electrons. The molecule has 1 aromatic heterocycles. The zero-order chi connectivity index (χ0) is 12.3. The third-order valence-electron chi connectivity index (χ3n) is 3.05. The van der Waals surface area contributed by atoms with Gasteiger partial charge in [0.1, 0.15) is 5.76 Å². The number of amides is 1. The van der Waals surface area contributed by atoms with E-state index in [2.05, 4.69) is 5.32 Å². The van der Waals surface area contributed by atoms with E-state index in [9.17, 15) is 4.79 Å². The highest BCUT2D eigenvalue weighted by atomic mass is 35.5. The summed E-state index contributed by atoms with van der Waals surface area (Å²) in [5.41, 5.74) is -0.364. The fraction of sp³-hybridized carbons (Fsp3) is 0.583. The summed E-state index contributed by atoms with van der Waals surface area (Å²) in [4.78, 5) is 12.0. The number of hydrogen-bond acceptors (Lipinski definition) is 3. The van der Waals surface area contributed by atoms with Gasteiger partial charge in [-0.3, -0.25) is 4.79 Å². The van der Waals surface area contributed by atoms with Crippen LogP contribution in [-0.4, -0.2) is 30.5 Å². The first-order chi connectivity index (χ1) is 8.15. The summed E-state index contributed by atoms with van der Waals surface area (Å²) in [6.07, 6.45) is 1.48. The van der Waals surface area contributed by atoms with Crippen molar-refractivity contribution in [3.8, 4) is 0 Å². The number of ether oxygens (including phenoxy) is 1. The van der Waals surface area contributed by atoms with E-state index < -0.39 is 0 Å². The molecule has 0 aliphatic carbocycles. The minimum absolute atomic E-state index is 0.208. The third-order valence-corrected chi connectivity index (χ3v) is 3.56. The highest BCUT2D eigenvalue weighted by Crippen LogP contribution is 2.23.